The van der Waals surface area contributed by atoms with Crippen molar-refractivity contribution in [2.75, 3.05) is 4.72 Å². The number of nitrogens with one attached hydrogen (secondary N) is 2. The first kappa shape index (κ1) is 14.6. The average Bonchev–Trinajstić information content (AvgIpc) is 2.75. The summed E-state index contributed by atoms with van der Waals surface area (Å²) >= 11 is 0. The number of hydrogen-bond acceptors (Lipinski definition) is 3. The lowest BCUT2D eigenvalue weighted by molar-refractivity contribution is 0.590. The number of rotatable bonds is 3. The maximum atomic E-state index is 12.4. The topological polar surface area (TPSA) is 74.8 Å². The van der Waals surface area contributed by atoms with Gasteiger partial charge in [0.25, 0.3) is 10.0 Å². The number of aromatic nitrogens is 2. The summed E-state index contributed by atoms with van der Waals surface area (Å²) in [5.41, 5.74) is 1.92. The molecule has 5 nitrogen and oxygen atoms in total. The third-order valence-corrected chi connectivity index (χ3v) is 4.53. The fraction of sp³-hybridized carbons (Fsp3) is 0.357. The van der Waals surface area contributed by atoms with Crippen LogP contribution in [0, 0.1) is 6.92 Å². The first-order valence-electron chi connectivity index (χ1n) is 6.34. The number of anilines is 1. The van der Waals surface area contributed by atoms with E-state index < -0.39 is 10.0 Å². The minimum absolute atomic E-state index is 0.148. The van der Waals surface area contributed by atoms with Gasteiger partial charge in [-0.25, -0.2) is 8.42 Å². The van der Waals surface area contributed by atoms with Crippen molar-refractivity contribution in [2.45, 2.75) is 38.0 Å². The van der Waals surface area contributed by atoms with Crippen LogP contribution in [0.2, 0.25) is 0 Å². The van der Waals surface area contributed by atoms with Crippen LogP contribution in [-0.4, -0.2) is 18.6 Å². The van der Waals surface area contributed by atoms with Crippen molar-refractivity contribution in [1.82, 2.24) is 10.2 Å². The molecule has 0 atom stereocenters. The highest BCUT2D eigenvalue weighted by Gasteiger charge is 2.23. The maximum absolute atomic E-state index is 12.4. The molecule has 2 N–H and O–H groups in total. The predicted octanol–water partition coefficient (Wildman–Crippen LogP) is 2.82. The van der Waals surface area contributed by atoms with E-state index in [1.165, 1.54) is 6.20 Å². The molecule has 0 fully saturated rings. The van der Waals surface area contributed by atoms with Crippen LogP contribution in [0.15, 0.2) is 35.4 Å². The highest BCUT2D eigenvalue weighted by molar-refractivity contribution is 7.92. The molecule has 108 valence electrons. The van der Waals surface area contributed by atoms with E-state index in [9.17, 15) is 8.42 Å². The molecular formula is C14H19N3O2S. The fourth-order valence-electron chi connectivity index (χ4n) is 2.04. The Morgan fingerprint density at radius 1 is 1.20 bits per heavy atom. The zero-order chi connectivity index (χ0) is 15.0. The summed E-state index contributed by atoms with van der Waals surface area (Å²) in [5, 5.41) is 6.39. The van der Waals surface area contributed by atoms with Crippen molar-refractivity contribution in [3.05, 3.63) is 41.7 Å². The number of aromatic amines is 1. The minimum atomic E-state index is -3.63. The number of aryl methyl sites for hydroxylation is 1. The van der Waals surface area contributed by atoms with Crippen LogP contribution in [0.25, 0.3) is 0 Å². The number of H-pyrrole nitrogens is 1. The Morgan fingerprint density at radius 3 is 2.40 bits per heavy atom. The quantitative estimate of drug-likeness (QED) is 0.913. The molecule has 0 spiro atoms. The lowest BCUT2D eigenvalue weighted by Crippen LogP contribution is -2.19. The normalized spacial score (nSPS) is 12.4. The van der Waals surface area contributed by atoms with Crippen LogP contribution in [0.5, 0.6) is 0 Å². The first-order valence-corrected chi connectivity index (χ1v) is 7.82. The Balaban J connectivity index is 2.44. The molecule has 0 saturated carbocycles. The van der Waals surface area contributed by atoms with Gasteiger partial charge >= 0.3 is 0 Å². The van der Waals surface area contributed by atoms with Crippen molar-refractivity contribution in [3.63, 3.8) is 0 Å². The Morgan fingerprint density at radius 2 is 1.85 bits per heavy atom. The molecule has 1 heterocycles. The number of benzene rings is 1. The zero-order valence-electron chi connectivity index (χ0n) is 12.1. The van der Waals surface area contributed by atoms with Gasteiger partial charge in [-0.2, -0.15) is 5.10 Å². The molecule has 20 heavy (non-hydrogen) atoms. The molecule has 0 aliphatic carbocycles. The summed E-state index contributed by atoms with van der Waals surface area (Å²) < 4.78 is 27.4. The standard InChI is InChI=1S/C14H19N3O2S/c1-10-13(9-15-16-10)20(18,19)17-12-8-6-5-7-11(12)14(2,3)4/h5-9,17H,1-4H3,(H,15,16). The molecule has 1 aromatic carbocycles. The Labute approximate surface area is 119 Å². The Hall–Kier alpha value is -1.82. The molecule has 0 radical (unpaired) electrons. The van der Waals surface area contributed by atoms with Gasteiger partial charge in [0.1, 0.15) is 4.90 Å². The molecule has 1 aromatic heterocycles. The van der Waals surface area contributed by atoms with Crippen molar-refractivity contribution < 1.29 is 8.42 Å². The maximum Gasteiger partial charge on any atom is 0.265 e. The molecule has 6 heteroatoms. The zero-order valence-corrected chi connectivity index (χ0v) is 12.9. The summed E-state index contributed by atoms with van der Waals surface area (Å²) in [6.45, 7) is 7.81. The monoisotopic (exact) mass is 293 g/mol. The van der Waals surface area contributed by atoms with Crippen molar-refractivity contribution in [1.29, 1.82) is 0 Å². The largest absolute Gasteiger partial charge is 0.281 e. The van der Waals surface area contributed by atoms with E-state index in [4.69, 9.17) is 0 Å². The van der Waals surface area contributed by atoms with Crippen molar-refractivity contribution >= 4 is 15.7 Å². The van der Waals surface area contributed by atoms with Gasteiger partial charge in [-0.3, -0.25) is 9.82 Å². The Bertz CT molecular complexity index is 712. The van der Waals surface area contributed by atoms with Gasteiger partial charge in [-0.1, -0.05) is 39.0 Å². The summed E-state index contributed by atoms with van der Waals surface area (Å²) in [6.07, 6.45) is 1.32. The summed E-state index contributed by atoms with van der Waals surface area (Å²) in [4.78, 5) is 0.168. The molecule has 0 saturated heterocycles. The van der Waals surface area contributed by atoms with Crippen molar-refractivity contribution in [2.24, 2.45) is 0 Å². The molecule has 0 aliphatic rings. The Kier molecular flexibility index (Phi) is 3.60. The van der Waals surface area contributed by atoms with Gasteiger partial charge in [0, 0.05) is 0 Å². The lowest BCUT2D eigenvalue weighted by atomic mass is 9.86. The van der Waals surface area contributed by atoms with Crippen LogP contribution in [0.4, 0.5) is 5.69 Å². The first-order chi connectivity index (χ1) is 9.22. The van der Waals surface area contributed by atoms with E-state index in [1.807, 2.05) is 39.0 Å². The number of sulfonamides is 1. The summed E-state index contributed by atoms with van der Waals surface area (Å²) in [5.74, 6) is 0. The van der Waals surface area contributed by atoms with Crippen LogP contribution in [0.1, 0.15) is 32.0 Å². The van der Waals surface area contributed by atoms with E-state index in [0.717, 1.165) is 5.56 Å². The fourth-order valence-corrected chi connectivity index (χ4v) is 3.25. The molecule has 2 rings (SSSR count). The average molecular weight is 293 g/mol. The highest BCUT2D eigenvalue weighted by Crippen LogP contribution is 2.30. The van der Waals surface area contributed by atoms with Crippen LogP contribution in [-0.2, 0) is 15.4 Å². The second-order valence-electron chi connectivity index (χ2n) is 5.76. The summed E-state index contributed by atoms with van der Waals surface area (Å²) in [7, 11) is -3.63. The minimum Gasteiger partial charge on any atom is -0.281 e. The van der Waals surface area contributed by atoms with Gasteiger partial charge in [0.05, 0.1) is 17.6 Å². The molecular weight excluding hydrogens is 274 g/mol. The number of hydrogen-bond donors (Lipinski definition) is 2. The molecule has 2 aromatic rings. The van der Waals surface area contributed by atoms with E-state index in [-0.39, 0.29) is 10.3 Å². The smallest absolute Gasteiger partial charge is 0.265 e. The van der Waals surface area contributed by atoms with Gasteiger partial charge in [0.15, 0.2) is 0 Å². The molecule has 0 unspecified atom stereocenters. The van der Waals surface area contributed by atoms with Gasteiger partial charge in [-0.15, -0.1) is 0 Å². The third kappa shape index (κ3) is 2.85. The van der Waals surface area contributed by atoms with Crippen molar-refractivity contribution in [3.8, 4) is 0 Å². The predicted molar refractivity (Wildman–Crippen MR) is 79.3 cm³/mol. The highest BCUT2D eigenvalue weighted by atomic mass is 32.2. The second kappa shape index (κ2) is 4.94. The van der Waals surface area contributed by atoms with Crippen LogP contribution in [0.3, 0.4) is 0 Å². The second-order valence-corrected chi connectivity index (χ2v) is 7.41. The van der Waals surface area contributed by atoms with E-state index in [0.29, 0.717) is 11.4 Å². The molecule has 0 aliphatic heterocycles. The van der Waals surface area contributed by atoms with E-state index >= 15 is 0 Å². The van der Waals surface area contributed by atoms with Crippen LogP contribution < -0.4 is 4.72 Å². The SMILES string of the molecule is Cc1[nH]ncc1S(=O)(=O)Nc1ccccc1C(C)(C)C. The van der Waals surface area contributed by atoms with Gasteiger partial charge in [0.2, 0.25) is 0 Å². The van der Waals surface area contributed by atoms with E-state index in [2.05, 4.69) is 14.9 Å². The third-order valence-electron chi connectivity index (χ3n) is 3.05. The van der Waals surface area contributed by atoms with Gasteiger partial charge in [-0.05, 0) is 24.0 Å². The number of para-hydroxylation sites is 1. The van der Waals surface area contributed by atoms with Crippen LogP contribution >= 0.6 is 0 Å². The molecule has 0 amide bonds. The summed E-state index contributed by atoms with van der Waals surface area (Å²) in [6, 6.07) is 7.42. The number of nitrogens with zero attached hydrogens (tertiary/aromatic N) is 1. The lowest BCUT2D eigenvalue weighted by Gasteiger charge is -2.23. The van der Waals surface area contributed by atoms with E-state index in [1.54, 1.807) is 13.0 Å². The molecule has 0 bridgehead atoms. The van der Waals surface area contributed by atoms with Gasteiger partial charge < -0.3 is 0 Å².